The minimum absolute atomic E-state index is 0.208. The average molecular weight is 355 g/mol. The molecule has 1 saturated heterocycles. The third kappa shape index (κ3) is 5.00. The molecule has 1 aromatic heterocycles. The van der Waals surface area contributed by atoms with Gasteiger partial charge >= 0.3 is 5.97 Å². The van der Waals surface area contributed by atoms with E-state index in [0.29, 0.717) is 12.4 Å². The van der Waals surface area contributed by atoms with Gasteiger partial charge in [0.1, 0.15) is 0 Å². The highest BCUT2D eigenvalue weighted by atomic mass is 16.5. The predicted molar refractivity (Wildman–Crippen MR) is 100 cm³/mol. The van der Waals surface area contributed by atoms with Crippen LogP contribution in [-0.4, -0.2) is 65.8 Å². The van der Waals surface area contributed by atoms with Crippen molar-refractivity contribution in [2.45, 2.75) is 13.5 Å². The van der Waals surface area contributed by atoms with Gasteiger partial charge in [0, 0.05) is 38.4 Å². The predicted octanol–water partition coefficient (Wildman–Crippen LogP) is 2.14. The van der Waals surface area contributed by atoms with E-state index in [1.807, 2.05) is 12.1 Å². The summed E-state index contributed by atoms with van der Waals surface area (Å²) in [7, 11) is 2.17. The molecule has 2 aromatic rings. The second-order valence-corrected chi connectivity index (χ2v) is 6.43. The summed E-state index contributed by atoms with van der Waals surface area (Å²) in [5.74, 6) is 0.129. The van der Waals surface area contributed by atoms with Crippen molar-refractivity contribution in [2.24, 2.45) is 0 Å². The molecular weight excluding hydrogens is 330 g/mol. The Morgan fingerprint density at radius 2 is 1.81 bits per heavy atom. The molecule has 138 valence electrons. The second kappa shape index (κ2) is 8.73. The highest BCUT2D eigenvalue weighted by Gasteiger charge is 2.13. The molecule has 0 unspecified atom stereocenters. The van der Waals surface area contributed by atoms with Crippen molar-refractivity contribution in [3.63, 3.8) is 0 Å². The Labute approximate surface area is 154 Å². The molecule has 0 bridgehead atoms. The summed E-state index contributed by atoms with van der Waals surface area (Å²) < 4.78 is 4.90. The summed E-state index contributed by atoms with van der Waals surface area (Å²) in [6.07, 6.45) is 0. The Morgan fingerprint density at radius 3 is 2.42 bits per heavy atom. The van der Waals surface area contributed by atoms with Crippen molar-refractivity contribution in [3.8, 4) is 0 Å². The number of aromatic nitrogens is 2. The van der Waals surface area contributed by atoms with Gasteiger partial charge in [-0.1, -0.05) is 12.1 Å². The third-order valence-electron chi connectivity index (χ3n) is 4.38. The van der Waals surface area contributed by atoms with Crippen LogP contribution in [0.1, 0.15) is 23.0 Å². The number of anilines is 2. The van der Waals surface area contributed by atoms with Gasteiger partial charge in [0.15, 0.2) is 11.5 Å². The summed E-state index contributed by atoms with van der Waals surface area (Å²) in [4.78, 5) is 16.4. The van der Waals surface area contributed by atoms with Gasteiger partial charge in [-0.2, -0.15) is 0 Å². The molecule has 0 saturated carbocycles. The Kier molecular flexibility index (Phi) is 6.14. The van der Waals surface area contributed by atoms with Crippen molar-refractivity contribution < 1.29 is 9.53 Å². The molecule has 1 aromatic carbocycles. The van der Waals surface area contributed by atoms with E-state index >= 15 is 0 Å². The number of piperazine rings is 1. The van der Waals surface area contributed by atoms with E-state index < -0.39 is 5.97 Å². The molecule has 1 aliphatic heterocycles. The maximum absolute atomic E-state index is 11.6. The number of benzene rings is 1. The van der Waals surface area contributed by atoms with Gasteiger partial charge in [-0.05, 0) is 43.8 Å². The number of rotatable bonds is 6. The second-order valence-electron chi connectivity index (χ2n) is 6.43. The lowest BCUT2D eigenvalue weighted by atomic mass is 10.2. The van der Waals surface area contributed by atoms with Crippen LogP contribution in [0.25, 0.3) is 0 Å². The molecule has 0 atom stereocenters. The SMILES string of the molecule is CCOC(=O)c1ccc(Nc2ccc(CN3CCN(C)CC3)cc2)nn1. The van der Waals surface area contributed by atoms with Gasteiger partial charge in [-0.15, -0.1) is 10.2 Å². The monoisotopic (exact) mass is 355 g/mol. The summed E-state index contributed by atoms with van der Waals surface area (Å²) in [6, 6.07) is 11.6. The third-order valence-corrected chi connectivity index (χ3v) is 4.38. The molecule has 1 fully saturated rings. The smallest absolute Gasteiger partial charge is 0.358 e. The van der Waals surface area contributed by atoms with Gasteiger partial charge in [0.05, 0.1) is 6.61 Å². The molecule has 0 radical (unpaired) electrons. The van der Waals surface area contributed by atoms with E-state index in [9.17, 15) is 4.79 Å². The van der Waals surface area contributed by atoms with E-state index in [0.717, 1.165) is 38.4 Å². The van der Waals surface area contributed by atoms with Crippen LogP contribution >= 0.6 is 0 Å². The molecule has 1 N–H and O–H groups in total. The number of carbonyl (C=O) groups is 1. The number of hydrogen-bond donors (Lipinski definition) is 1. The van der Waals surface area contributed by atoms with Crippen LogP contribution in [0.4, 0.5) is 11.5 Å². The molecule has 0 spiro atoms. The first-order valence-corrected chi connectivity index (χ1v) is 8.92. The Morgan fingerprint density at radius 1 is 1.08 bits per heavy atom. The normalized spacial score (nSPS) is 15.6. The van der Waals surface area contributed by atoms with Gasteiger partial charge < -0.3 is 15.0 Å². The maximum atomic E-state index is 11.6. The lowest BCUT2D eigenvalue weighted by Crippen LogP contribution is -2.43. The van der Waals surface area contributed by atoms with E-state index in [1.165, 1.54) is 5.56 Å². The first-order valence-electron chi connectivity index (χ1n) is 8.92. The van der Waals surface area contributed by atoms with Gasteiger partial charge in [-0.25, -0.2) is 4.79 Å². The van der Waals surface area contributed by atoms with Crippen LogP contribution < -0.4 is 5.32 Å². The van der Waals surface area contributed by atoms with E-state index in [1.54, 1.807) is 19.1 Å². The number of nitrogens with one attached hydrogen (secondary N) is 1. The number of esters is 1. The molecule has 0 amide bonds. The number of hydrogen-bond acceptors (Lipinski definition) is 7. The fraction of sp³-hybridized carbons (Fsp3) is 0.421. The van der Waals surface area contributed by atoms with Crippen LogP contribution in [0.15, 0.2) is 36.4 Å². The molecule has 26 heavy (non-hydrogen) atoms. The fourth-order valence-electron chi connectivity index (χ4n) is 2.82. The number of carbonyl (C=O) groups excluding carboxylic acids is 1. The minimum atomic E-state index is -0.459. The first-order chi connectivity index (χ1) is 12.6. The Balaban J connectivity index is 1.54. The lowest BCUT2D eigenvalue weighted by Gasteiger charge is -2.32. The summed E-state index contributed by atoms with van der Waals surface area (Å²) in [5, 5.41) is 11.1. The first kappa shape index (κ1) is 18.3. The minimum Gasteiger partial charge on any atom is -0.461 e. The van der Waals surface area contributed by atoms with E-state index in [2.05, 4.69) is 44.5 Å². The van der Waals surface area contributed by atoms with Crippen molar-refractivity contribution >= 4 is 17.5 Å². The van der Waals surface area contributed by atoms with Crippen LogP contribution in [0.2, 0.25) is 0 Å². The van der Waals surface area contributed by atoms with E-state index in [4.69, 9.17) is 4.74 Å². The fourth-order valence-corrected chi connectivity index (χ4v) is 2.82. The summed E-state index contributed by atoms with van der Waals surface area (Å²) >= 11 is 0. The lowest BCUT2D eigenvalue weighted by molar-refractivity contribution is 0.0518. The molecule has 0 aliphatic carbocycles. The number of ether oxygens (including phenoxy) is 1. The standard InChI is InChI=1S/C19H25N5O2/c1-3-26-19(25)17-8-9-18(22-21-17)20-16-6-4-15(5-7-16)14-24-12-10-23(2)11-13-24/h4-9H,3,10-14H2,1-2H3,(H,20,22). The number of nitrogens with zero attached hydrogens (tertiary/aromatic N) is 4. The Bertz CT molecular complexity index is 710. The topological polar surface area (TPSA) is 70.6 Å². The summed E-state index contributed by atoms with van der Waals surface area (Å²) in [6.45, 7) is 7.52. The molecule has 2 heterocycles. The van der Waals surface area contributed by atoms with Gasteiger partial charge in [0.25, 0.3) is 0 Å². The van der Waals surface area contributed by atoms with Crippen LogP contribution in [-0.2, 0) is 11.3 Å². The van der Waals surface area contributed by atoms with Crippen molar-refractivity contribution in [1.29, 1.82) is 0 Å². The molecular formula is C19H25N5O2. The molecule has 3 rings (SSSR count). The zero-order valence-corrected chi connectivity index (χ0v) is 15.3. The highest BCUT2D eigenvalue weighted by molar-refractivity contribution is 5.87. The van der Waals surface area contributed by atoms with Crippen LogP contribution in [0.5, 0.6) is 0 Å². The van der Waals surface area contributed by atoms with E-state index in [-0.39, 0.29) is 5.69 Å². The molecule has 7 heteroatoms. The number of likely N-dealkylation sites (N-methyl/N-ethyl adjacent to an activating group) is 1. The van der Waals surface area contributed by atoms with Crippen LogP contribution in [0.3, 0.4) is 0 Å². The maximum Gasteiger partial charge on any atom is 0.358 e. The van der Waals surface area contributed by atoms with Crippen LogP contribution in [0, 0.1) is 0 Å². The highest BCUT2D eigenvalue weighted by Crippen LogP contribution is 2.16. The quantitative estimate of drug-likeness (QED) is 0.796. The average Bonchev–Trinajstić information content (AvgIpc) is 2.66. The van der Waals surface area contributed by atoms with Crippen molar-refractivity contribution in [1.82, 2.24) is 20.0 Å². The van der Waals surface area contributed by atoms with Gasteiger partial charge in [0.2, 0.25) is 0 Å². The van der Waals surface area contributed by atoms with Gasteiger partial charge in [-0.3, -0.25) is 4.90 Å². The summed E-state index contributed by atoms with van der Waals surface area (Å²) in [5.41, 5.74) is 2.44. The Hall–Kier alpha value is -2.51. The zero-order chi connectivity index (χ0) is 18.4. The molecule has 7 nitrogen and oxygen atoms in total. The molecule has 1 aliphatic rings. The zero-order valence-electron chi connectivity index (χ0n) is 15.3. The van der Waals surface area contributed by atoms with Crippen molar-refractivity contribution in [2.75, 3.05) is 45.2 Å². The largest absolute Gasteiger partial charge is 0.461 e. The van der Waals surface area contributed by atoms with Crippen molar-refractivity contribution in [3.05, 3.63) is 47.7 Å².